The maximum Gasteiger partial charge on any atom is 0.322 e. The zero-order valence-corrected chi connectivity index (χ0v) is 12.2. The van der Waals surface area contributed by atoms with Crippen molar-refractivity contribution in [1.82, 2.24) is 15.0 Å². The van der Waals surface area contributed by atoms with Gasteiger partial charge in [0.25, 0.3) is 0 Å². The molecule has 0 aromatic carbocycles. The van der Waals surface area contributed by atoms with Crippen LogP contribution in [0.25, 0.3) is 0 Å². The summed E-state index contributed by atoms with van der Waals surface area (Å²) < 4.78 is 5.34. The molecule has 0 saturated carbocycles. The Morgan fingerprint density at radius 3 is 2.56 bits per heavy atom. The summed E-state index contributed by atoms with van der Waals surface area (Å²) in [7, 11) is 0. The summed E-state index contributed by atoms with van der Waals surface area (Å²) in [5.74, 6) is 0.463. The lowest BCUT2D eigenvalue weighted by molar-refractivity contribution is 0.291. The van der Waals surface area contributed by atoms with Crippen LogP contribution in [-0.2, 0) is 0 Å². The highest BCUT2D eigenvalue weighted by atomic mass is 35.5. The van der Waals surface area contributed by atoms with Gasteiger partial charge in [0.2, 0.25) is 11.2 Å². The number of hydrogen-bond acceptors (Lipinski definition) is 5. The van der Waals surface area contributed by atoms with Crippen LogP contribution in [0.4, 0.5) is 5.95 Å². The highest BCUT2D eigenvalue weighted by molar-refractivity contribution is 6.28. The molecule has 0 aliphatic heterocycles. The van der Waals surface area contributed by atoms with Crippen molar-refractivity contribution in [2.45, 2.75) is 40.5 Å². The molecule has 1 aromatic heterocycles. The van der Waals surface area contributed by atoms with Gasteiger partial charge in [-0.05, 0) is 29.9 Å². The number of ether oxygens (including phenoxy) is 1. The molecule has 6 heteroatoms. The van der Waals surface area contributed by atoms with Crippen LogP contribution in [0, 0.1) is 5.41 Å². The standard InChI is InChI=1S/C12H21ClN4O/c1-5-8-18-11-16-9(13)15-10(17-11)14-7-6-12(2,3)4/h5-8H2,1-4H3,(H,14,15,16,17). The lowest BCUT2D eigenvalue weighted by Gasteiger charge is -2.18. The smallest absolute Gasteiger partial charge is 0.322 e. The third-order valence-electron chi connectivity index (χ3n) is 2.18. The number of nitrogens with zero attached hydrogens (tertiary/aromatic N) is 3. The Morgan fingerprint density at radius 1 is 1.22 bits per heavy atom. The van der Waals surface area contributed by atoms with Crippen molar-refractivity contribution >= 4 is 17.5 Å². The Bertz CT molecular complexity index is 379. The lowest BCUT2D eigenvalue weighted by atomic mass is 9.92. The molecule has 1 N–H and O–H groups in total. The Labute approximate surface area is 113 Å². The van der Waals surface area contributed by atoms with E-state index in [1.165, 1.54) is 0 Å². The minimum absolute atomic E-state index is 0.148. The van der Waals surface area contributed by atoms with Gasteiger partial charge in [0, 0.05) is 6.54 Å². The van der Waals surface area contributed by atoms with E-state index in [0.717, 1.165) is 19.4 Å². The third-order valence-corrected chi connectivity index (χ3v) is 2.35. The SMILES string of the molecule is CCCOc1nc(Cl)nc(NCCC(C)(C)C)n1. The van der Waals surface area contributed by atoms with E-state index in [9.17, 15) is 0 Å². The lowest BCUT2D eigenvalue weighted by Crippen LogP contribution is -2.14. The minimum atomic E-state index is 0.148. The van der Waals surface area contributed by atoms with Gasteiger partial charge in [-0.1, -0.05) is 27.7 Å². The van der Waals surface area contributed by atoms with Gasteiger partial charge in [0.1, 0.15) is 0 Å². The van der Waals surface area contributed by atoms with Crippen LogP contribution >= 0.6 is 11.6 Å². The molecule has 0 fully saturated rings. The molecule has 0 aliphatic carbocycles. The van der Waals surface area contributed by atoms with Crippen LogP contribution in [-0.4, -0.2) is 28.1 Å². The number of aromatic nitrogens is 3. The first-order valence-corrected chi connectivity index (χ1v) is 6.57. The van der Waals surface area contributed by atoms with Crippen molar-refractivity contribution in [1.29, 1.82) is 0 Å². The van der Waals surface area contributed by atoms with Crippen molar-refractivity contribution in [2.24, 2.45) is 5.41 Å². The van der Waals surface area contributed by atoms with Crippen molar-refractivity contribution in [2.75, 3.05) is 18.5 Å². The van der Waals surface area contributed by atoms with E-state index >= 15 is 0 Å². The fraction of sp³-hybridized carbons (Fsp3) is 0.750. The van der Waals surface area contributed by atoms with Gasteiger partial charge in [-0.2, -0.15) is 15.0 Å². The Balaban J connectivity index is 2.57. The monoisotopic (exact) mass is 272 g/mol. The molecule has 0 bridgehead atoms. The van der Waals surface area contributed by atoms with E-state index < -0.39 is 0 Å². The molecule has 5 nitrogen and oxygen atoms in total. The van der Waals surface area contributed by atoms with E-state index in [-0.39, 0.29) is 16.7 Å². The molecule has 0 saturated heterocycles. The third kappa shape index (κ3) is 6.00. The van der Waals surface area contributed by atoms with Crippen molar-refractivity contribution in [3.05, 3.63) is 5.28 Å². The number of nitrogens with one attached hydrogen (secondary N) is 1. The second kappa shape index (κ2) is 6.73. The summed E-state index contributed by atoms with van der Waals surface area (Å²) in [6, 6.07) is 0.273. The van der Waals surface area contributed by atoms with Gasteiger partial charge in [-0.15, -0.1) is 0 Å². The Kier molecular flexibility index (Phi) is 5.59. The predicted molar refractivity (Wildman–Crippen MR) is 73.2 cm³/mol. The average Bonchev–Trinajstić information content (AvgIpc) is 2.24. The molecule has 0 aliphatic rings. The second-order valence-electron chi connectivity index (χ2n) is 5.30. The zero-order valence-electron chi connectivity index (χ0n) is 11.5. The van der Waals surface area contributed by atoms with Gasteiger partial charge in [0.15, 0.2) is 0 Å². The van der Waals surface area contributed by atoms with Crippen LogP contribution in [0.1, 0.15) is 40.5 Å². The first-order chi connectivity index (χ1) is 8.40. The van der Waals surface area contributed by atoms with E-state index in [0.29, 0.717) is 12.6 Å². The average molecular weight is 273 g/mol. The Hall–Kier alpha value is -1.10. The maximum absolute atomic E-state index is 5.82. The molecule has 0 amide bonds. The summed E-state index contributed by atoms with van der Waals surface area (Å²) in [6.07, 6.45) is 1.91. The van der Waals surface area contributed by atoms with Gasteiger partial charge in [-0.25, -0.2) is 0 Å². The van der Waals surface area contributed by atoms with E-state index in [1.54, 1.807) is 0 Å². The topological polar surface area (TPSA) is 59.9 Å². The van der Waals surface area contributed by atoms with Crippen LogP contribution in [0.5, 0.6) is 6.01 Å². The maximum atomic E-state index is 5.82. The fourth-order valence-corrected chi connectivity index (χ4v) is 1.37. The zero-order chi connectivity index (χ0) is 13.6. The normalized spacial score (nSPS) is 11.4. The summed E-state index contributed by atoms with van der Waals surface area (Å²) >= 11 is 5.82. The summed E-state index contributed by atoms with van der Waals surface area (Å²) in [4.78, 5) is 12.1. The van der Waals surface area contributed by atoms with Crippen LogP contribution in [0.3, 0.4) is 0 Å². The molecule has 0 unspecified atom stereocenters. The molecule has 0 radical (unpaired) electrons. The minimum Gasteiger partial charge on any atom is -0.463 e. The van der Waals surface area contributed by atoms with Gasteiger partial charge in [0.05, 0.1) is 6.61 Å². The van der Waals surface area contributed by atoms with Crippen molar-refractivity contribution in [3.8, 4) is 6.01 Å². The highest BCUT2D eigenvalue weighted by Gasteiger charge is 2.10. The summed E-state index contributed by atoms with van der Waals surface area (Å²) in [5.41, 5.74) is 0.269. The predicted octanol–water partition coefficient (Wildman–Crippen LogP) is 3.16. The second-order valence-corrected chi connectivity index (χ2v) is 5.63. The first-order valence-electron chi connectivity index (χ1n) is 6.19. The summed E-state index contributed by atoms with van der Waals surface area (Å²) in [6.45, 7) is 9.94. The van der Waals surface area contributed by atoms with Crippen molar-refractivity contribution < 1.29 is 4.74 Å². The van der Waals surface area contributed by atoms with Gasteiger partial charge in [-0.3, -0.25) is 0 Å². The molecule has 1 aromatic rings. The molecule has 1 heterocycles. The largest absolute Gasteiger partial charge is 0.463 e. The van der Waals surface area contributed by atoms with E-state index in [4.69, 9.17) is 16.3 Å². The number of halogens is 1. The van der Waals surface area contributed by atoms with E-state index in [2.05, 4.69) is 41.0 Å². The molecule has 1 rings (SSSR count). The summed E-state index contributed by atoms with van der Waals surface area (Å²) in [5, 5.41) is 3.28. The quantitative estimate of drug-likeness (QED) is 0.862. The molecule has 0 spiro atoms. The van der Waals surface area contributed by atoms with Gasteiger partial charge < -0.3 is 10.1 Å². The number of hydrogen-bond donors (Lipinski definition) is 1. The number of rotatable bonds is 6. The van der Waals surface area contributed by atoms with Crippen LogP contribution in [0.2, 0.25) is 5.28 Å². The molecule has 0 atom stereocenters. The van der Waals surface area contributed by atoms with E-state index in [1.807, 2.05) is 6.92 Å². The number of anilines is 1. The molecule has 102 valence electrons. The molecule has 18 heavy (non-hydrogen) atoms. The molecular weight excluding hydrogens is 252 g/mol. The van der Waals surface area contributed by atoms with Gasteiger partial charge >= 0.3 is 6.01 Å². The molecular formula is C12H21ClN4O. The fourth-order valence-electron chi connectivity index (χ4n) is 1.22. The highest BCUT2D eigenvalue weighted by Crippen LogP contribution is 2.18. The van der Waals surface area contributed by atoms with Crippen LogP contribution < -0.4 is 10.1 Å². The Morgan fingerprint density at radius 2 is 1.94 bits per heavy atom. The van der Waals surface area contributed by atoms with Crippen molar-refractivity contribution in [3.63, 3.8) is 0 Å². The van der Waals surface area contributed by atoms with Crippen LogP contribution in [0.15, 0.2) is 0 Å². The first kappa shape index (κ1) is 15.0.